The summed E-state index contributed by atoms with van der Waals surface area (Å²) < 4.78 is 2.43. The molecule has 0 radical (unpaired) electrons. The molecule has 1 aromatic carbocycles. The zero-order chi connectivity index (χ0) is 11.5. The highest BCUT2D eigenvalue weighted by molar-refractivity contribution is 9.10. The standard InChI is InChI=1S/C12H11BrN2O/c1-2-15-11(10(13)8-14-15)12(16)9-6-4-3-5-7-9/h3-8H,2H2,1H3. The molecule has 0 atom stereocenters. The van der Waals surface area contributed by atoms with Crippen molar-refractivity contribution in [1.29, 1.82) is 0 Å². The van der Waals surface area contributed by atoms with Crippen molar-refractivity contribution in [3.05, 3.63) is 52.3 Å². The summed E-state index contributed by atoms with van der Waals surface area (Å²) in [5.41, 5.74) is 1.28. The first kappa shape index (κ1) is 11.1. The van der Waals surface area contributed by atoms with Crippen molar-refractivity contribution in [3.8, 4) is 0 Å². The number of aromatic nitrogens is 2. The summed E-state index contributed by atoms with van der Waals surface area (Å²) in [6.07, 6.45) is 1.65. The predicted molar refractivity (Wildman–Crippen MR) is 65.5 cm³/mol. The van der Waals surface area contributed by atoms with Gasteiger partial charge in [-0.2, -0.15) is 5.10 Å². The van der Waals surface area contributed by atoms with Gasteiger partial charge >= 0.3 is 0 Å². The van der Waals surface area contributed by atoms with E-state index in [0.717, 1.165) is 4.47 Å². The van der Waals surface area contributed by atoms with Gasteiger partial charge in [-0.1, -0.05) is 30.3 Å². The number of ketones is 1. The van der Waals surface area contributed by atoms with Crippen LogP contribution < -0.4 is 0 Å². The zero-order valence-electron chi connectivity index (χ0n) is 8.85. The van der Waals surface area contributed by atoms with Crippen LogP contribution in [0.3, 0.4) is 0 Å². The minimum Gasteiger partial charge on any atom is -0.287 e. The molecule has 1 heterocycles. The van der Waals surface area contributed by atoms with Crippen LogP contribution in [0.1, 0.15) is 23.0 Å². The summed E-state index contributed by atoms with van der Waals surface area (Å²) in [5.74, 6) is -0.00757. The van der Waals surface area contributed by atoms with E-state index in [9.17, 15) is 4.79 Å². The number of hydrogen-bond acceptors (Lipinski definition) is 2. The summed E-state index contributed by atoms with van der Waals surface area (Å²) in [6.45, 7) is 2.64. The number of benzene rings is 1. The fourth-order valence-corrected chi connectivity index (χ4v) is 2.03. The van der Waals surface area contributed by atoms with Gasteiger partial charge in [0.05, 0.1) is 10.7 Å². The Morgan fingerprint density at radius 2 is 2.06 bits per heavy atom. The van der Waals surface area contributed by atoms with E-state index in [1.54, 1.807) is 10.9 Å². The Morgan fingerprint density at radius 1 is 1.38 bits per heavy atom. The second-order valence-electron chi connectivity index (χ2n) is 3.35. The van der Waals surface area contributed by atoms with Crippen molar-refractivity contribution in [1.82, 2.24) is 9.78 Å². The molecule has 16 heavy (non-hydrogen) atoms. The maximum atomic E-state index is 12.2. The molecule has 4 heteroatoms. The average molecular weight is 279 g/mol. The molecule has 0 N–H and O–H groups in total. The van der Waals surface area contributed by atoms with Gasteiger partial charge in [-0.05, 0) is 22.9 Å². The van der Waals surface area contributed by atoms with Crippen molar-refractivity contribution < 1.29 is 4.79 Å². The molecule has 0 saturated heterocycles. The Kier molecular flexibility index (Phi) is 3.19. The first-order valence-electron chi connectivity index (χ1n) is 5.05. The van der Waals surface area contributed by atoms with Crippen molar-refractivity contribution >= 4 is 21.7 Å². The second kappa shape index (κ2) is 4.61. The van der Waals surface area contributed by atoms with Gasteiger partial charge in [0.15, 0.2) is 0 Å². The highest BCUT2D eigenvalue weighted by atomic mass is 79.9. The third-order valence-electron chi connectivity index (χ3n) is 2.35. The maximum absolute atomic E-state index is 12.2. The fraction of sp³-hybridized carbons (Fsp3) is 0.167. The largest absolute Gasteiger partial charge is 0.287 e. The van der Waals surface area contributed by atoms with Crippen LogP contribution in [0.5, 0.6) is 0 Å². The summed E-state index contributed by atoms with van der Waals surface area (Å²) in [6, 6.07) is 9.22. The van der Waals surface area contributed by atoms with Crippen molar-refractivity contribution in [3.63, 3.8) is 0 Å². The quantitative estimate of drug-likeness (QED) is 0.810. The van der Waals surface area contributed by atoms with E-state index in [4.69, 9.17) is 0 Å². The highest BCUT2D eigenvalue weighted by Gasteiger charge is 2.17. The van der Waals surface area contributed by atoms with E-state index >= 15 is 0 Å². The molecule has 0 unspecified atom stereocenters. The first-order chi connectivity index (χ1) is 7.74. The molecule has 2 aromatic rings. The smallest absolute Gasteiger partial charge is 0.212 e. The Bertz CT molecular complexity index is 505. The number of halogens is 1. The average Bonchev–Trinajstić information content (AvgIpc) is 2.70. The summed E-state index contributed by atoms with van der Waals surface area (Å²) in [7, 11) is 0. The summed E-state index contributed by atoms with van der Waals surface area (Å²) >= 11 is 3.35. The zero-order valence-corrected chi connectivity index (χ0v) is 10.4. The lowest BCUT2D eigenvalue weighted by Crippen LogP contribution is -2.11. The highest BCUT2D eigenvalue weighted by Crippen LogP contribution is 2.19. The number of nitrogens with zero attached hydrogens (tertiary/aromatic N) is 2. The van der Waals surface area contributed by atoms with Gasteiger partial charge in [0.2, 0.25) is 5.78 Å². The molecular weight excluding hydrogens is 268 g/mol. The molecule has 1 aromatic heterocycles. The van der Waals surface area contributed by atoms with Gasteiger partial charge in [0.1, 0.15) is 5.69 Å². The first-order valence-corrected chi connectivity index (χ1v) is 5.84. The van der Waals surface area contributed by atoms with Gasteiger partial charge in [-0.15, -0.1) is 0 Å². The number of hydrogen-bond donors (Lipinski definition) is 0. The Balaban J connectivity index is 2.45. The molecule has 3 nitrogen and oxygen atoms in total. The van der Waals surface area contributed by atoms with Crippen molar-refractivity contribution in [2.75, 3.05) is 0 Å². The molecule has 2 rings (SSSR count). The van der Waals surface area contributed by atoms with E-state index in [1.165, 1.54) is 0 Å². The minimum atomic E-state index is -0.00757. The molecule has 0 bridgehead atoms. The van der Waals surface area contributed by atoms with Crippen LogP contribution in [0.4, 0.5) is 0 Å². The monoisotopic (exact) mass is 278 g/mol. The van der Waals surface area contributed by atoms with Crippen LogP contribution in [-0.2, 0) is 6.54 Å². The van der Waals surface area contributed by atoms with Gasteiger partial charge in [-0.3, -0.25) is 9.48 Å². The third-order valence-corrected chi connectivity index (χ3v) is 2.93. The molecule has 82 valence electrons. The van der Waals surface area contributed by atoms with Gasteiger partial charge in [0.25, 0.3) is 0 Å². The van der Waals surface area contributed by atoms with Crippen LogP contribution in [0.15, 0.2) is 41.0 Å². The Morgan fingerprint density at radius 3 is 2.69 bits per heavy atom. The predicted octanol–water partition coefficient (Wildman–Crippen LogP) is 2.90. The van der Waals surface area contributed by atoms with Crippen molar-refractivity contribution in [2.24, 2.45) is 0 Å². The SMILES string of the molecule is CCn1ncc(Br)c1C(=O)c1ccccc1. The molecule has 0 aliphatic rings. The minimum absolute atomic E-state index is 0.00757. The Hall–Kier alpha value is -1.42. The molecule has 0 spiro atoms. The molecule has 0 aliphatic carbocycles. The summed E-state index contributed by atoms with van der Waals surface area (Å²) in [5, 5.41) is 4.13. The van der Waals surface area contributed by atoms with E-state index in [0.29, 0.717) is 17.8 Å². The topological polar surface area (TPSA) is 34.9 Å². The summed E-state index contributed by atoms with van der Waals surface area (Å²) in [4.78, 5) is 12.2. The molecule has 0 fully saturated rings. The van der Waals surface area contributed by atoms with Crippen LogP contribution in [0.2, 0.25) is 0 Å². The lowest BCUT2D eigenvalue weighted by atomic mass is 10.1. The second-order valence-corrected chi connectivity index (χ2v) is 4.21. The van der Waals surface area contributed by atoms with Gasteiger partial charge in [-0.25, -0.2) is 0 Å². The van der Waals surface area contributed by atoms with Crippen LogP contribution >= 0.6 is 15.9 Å². The van der Waals surface area contributed by atoms with Gasteiger partial charge in [0, 0.05) is 12.1 Å². The third kappa shape index (κ3) is 1.93. The molecular formula is C12H11BrN2O. The maximum Gasteiger partial charge on any atom is 0.212 e. The Labute approximate surface area is 102 Å². The van der Waals surface area contributed by atoms with E-state index < -0.39 is 0 Å². The van der Waals surface area contributed by atoms with Crippen LogP contribution in [-0.4, -0.2) is 15.6 Å². The lowest BCUT2D eigenvalue weighted by molar-refractivity contribution is 0.102. The molecule has 0 aliphatic heterocycles. The molecule has 0 saturated carbocycles. The van der Waals surface area contributed by atoms with Crippen molar-refractivity contribution in [2.45, 2.75) is 13.5 Å². The fourth-order valence-electron chi connectivity index (χ4n) is 1.55. The number of carbonyl (C=O) groups is 1. The van der Waals surface area contributed by atoms with E-state index in [2.05, 4.69) is 21.0 Å². The number of rotatable bonds is 3. The van der Waals surface area contributed by atoms with Gasteiger partial charge < -0.3 is 0 Å². The normalized spacial score (nSPS) is 10.4. The molecule has 0 amide bonds. The number of carbonyl (C=O) groups excluding carboxylic acids is 1. The van der Waals surface area contributed by atoms with Crippen LogP contribution in [0, 0.1) is 0 Å². The van der Waals surface area contributed by atoms with E-state index in [-0.39, 0.29) is 5.78 Å². The van der Waals surface area contributed by atoms with E-state index in [1.807, 2.05) is 37.3 Å². The lowest BCUT2D eigenvalue weighted by Gasteiger charge is -2.04. The number of aryl methyl sites for hydroxylation is 1. The van der Waals surface area contributed by atoms with Crippen LogP contribution in [0.25, 0.3) is 0 Å².